The van der Waals surface area contributed by atoms with Crippen LogP contribution in [0.5, 0.6) is 0 Å². The van der Waals surface area contributed by atoms with Gasteiger partial charge in [-0.25, -0.2) is 13.8 Å². The molecule has 2 heterocycles. The van der Waals surface area contributed by atoms with Gasteiger partial charge in [0.25, 0.3) is 5.91 Å². The van der Waals surface area contributed by atoms with Gasteiger partial charge in [-0.2, -0.15) is 19.8 Å². The lowest BCUT2D eigenvalue weighted by atomic mass is 10.1. The van der Waals surface area contributed by atoms with E-state index in [-0.39, 0.29) is 22.8 Å². The minimum absolute atomic E-state index is 0.0987. The molecule has 0 atom stereocenters. The van der Waals surface area contributed by atoms with Crippen LogP contribution in [0, 0.1) is 18.6 Å². The van der Waals surface area contributed by atoms with Gasteiger partial charge in [-0.05, 0) is 18.6 Å². The van der Waals surface area contributed by atoms with Crippen molar-refractivity contribution in [3.05, 3.63) is 52.6 Å². The number of nitrogens with one attached hydrogen (secondary N) is 2. The predicted octanol–water partition coefficient (Wildman–Crippen LogP) is 2.09. The SMILES string of the molecule is Cc1n[nH]nc1C(=O)Nc1nc(Cc2ccc(F)cc2F)ns1. The maximum Gasteiger partial charge on any atom is 0.279 e. The average molecular weight is 336 g/mol. The summed E-state index contributed by atoms with van der Waals surface area (Å²) in [6, 6.07) is 3.31. The summed E-state index contributed by atoms with van der Waals surface area (Å²) in [6.45, 7) is 1.64. The summed E-state index contributed by atoms with van der Waals surface area (Å²) in [4.78, 5) is 16.1. The molecule has 23 heavy (non-hydrogen) atoms. The van der Waals surface area contributed by atoms with E-state index in [1.54, 1.807) is 6.92 Å². The summed E-state index contributed by atoms with van der Waals surface area (Å²) in [7, 11) is 0. The maximum atomic E-state index is 13.6. The van der Waals surface area contributed by atoms with E-state index in [2.05, 4.69) is 30.1 Å². The summed E-state index contributed by atoms with van der Waals surface area (Å²) in [6.07, 6.45) is 0.0987. The molecule has 0 aliphatic rings. The number of carbonyl (C=O) groups excluding carboxylic acids is 1. The Morgan fingerprint density at radius 1 is 1.35 bits per heavy atom. The van der Waals surface area contributed by atoms with Crippen LogP contribution in [-0.4, -0.2) is 30.7 Å². The first-order chi connectivity index (χ1) is 11.0. The van der Waals surface area contributed by atoms with Crippen molar-refractivity contribution in [2.24, 2.45) is 0 Å². The van der Waals surface area contributed by atoms with Crippen LogP contribution in [0.2, 0.25) is 0 Å². The van der Waals surface area contributed by atoms with Crippen molar-refractivity contribution in [1.82, 2.24) is 24.8 Å². The number of rotatable bonds is 4. The maximum absolute atomic E-state index is 13.6. The van der Waals surface area contributed by atoms with Crippen LogP contribution in [0.3, 0.4) is 0 Å². The molecule has 7 nitrogen and oxygen atoms in total. The van der Waals surface area contributed by atoms with Gasteiger partial charge in [-0.15, -0.1) is 0 Å². The molecule has 0 spiro atoms. The van der Waals surface area contributed by atoms with Gasteiger partial charge in [0.15, 0.2) is 5.69 Å². The number of anilines is 1. The van der Waals surface area contributed by atoms with Crippen LogP contribution in [-0.2, 0) is 6.42 Å². The highest BCUT2D eigenvalue weighted by atomic mass is 32.1. The zero-order valence-electron chi connectivity index (χ0n) is 11.8. The number of halogens is 2. The first-order valence-electron chi connectivity index (χ1n) is 6.48. The number of amides is 1. The van der Waals surface area contributed by atoms with Crippen LogP contribution < -0.4 is 5.32 Å². The quantitative estimate of drug-likeness (QED) is 0.760. The number of aromatic nitrogens is 5. The van der Waals surface area contributed by atoms with E-state index in [0.717, 1.165) is 17.6 Å². The van der Waals surface area contributed by atoms with E-state index in [4.69, 9.17) is 0 Å². The van der Waals surface area contributed by atoms with E-state index in [9.17, 15) is 13.6 Å². The number of aromatic amines is 1. The Hall–Kier alpha value is -2.75. The standard InChI is InChI=1S/C13H10F2N6OS/c1-6-11(19-21-18-6)12(22)17-13-16-10(20-23-13)4-7-2-3-8(14)5-9(7)15/h2-3,5H,4H2,1H3,(H,18,19,21)(H,16,17,20,22). The van der Waals surface area contributed by atoms with Crippen LogP contribution in [0.15, 0.2) is 18.2 Å². The van der Waals surface area contributed by atoms with E-state index in [0.29, 0.717) is 11.5 Å². The minimum Gasteiger partial charge on any atom is -0.295 e. The molecule has 0 aliphatic heterocycles. The first-order valence-corrected chi connectivity index (χ1v) is 7.25. The molecule has 0 saturated carbocycles. The second kappa shape index (κ2) is 6.16. The van der Waals surface area contributed by atoms with Crippen LogP contribution in [0.4, 0.5) is 13.9 Å². The summed E-state index contributed by atoms with van der Waals surface area (Å²) in [5.41, 5.74) is 0.890. The van der Waals surface area contributed by atoms with Crippen LogP contribution in [0.1, 0.15) is 27.6 Å². The third kappa shape index (κ3) is 3.37. The van der Waals surface area contributed by atoms with Gasteiger partial charge in [0.1, 0.15) is 17.5 Å². The van der Waals surface area contributed by atoms with Gasteiger partial charge in [-0.1, -0.05) is 6.07 Å². The Balaban J connectivity index is 1.71. The zero-order chi connectivity index (χ0) is 16.4. The van der Waals surface area contributed by atoms with Crippen molar-refractivity contribution in [2.45, 2.75) is 13.3 Å². The van der Waals surface area contributed by atoms with E-state index >= 15 is 0 Å². The molecule has 0 fully saturated rings. The van der Waals surface area contributed by atoms with Gasteiger partial charge >= 0.3 is 0 Å². The first kappa shape index (κ1) is 15.2. The van der Waals surface area contributed by atoms with Gasteiger partial charge in [0.2, 0.25) is 5.13 Å². The second-order valence-electron chi connectivity index (χ2n) is 4.64. The molecule has 0 radical (unpaired) electrons. The van der Waals surface area contributed by atoms with E-state index in [1.807, 2.05) is 0 Å². The number of hydrogen-bond acceptors (Lipinski definition) is 6. The number of hydrogen-bond donors (Lipinski definition) is 2. The fourth-order valence-corrected chi connectivity index (χ4v) is 2.45. The molecule has 0 bridgehead atoms. The van der Waals surface area contributed by atoms with E-state index in [1.165, 1.54) is 12.1 Å². The van der Waals surface area contributed by atoms with Gasteiger partial charge in [0, 0.05) is 24.0 Å². The topological polar surface area (TPSA) is 96.5 Å². The molecule has 0 unspecified atom stereocenters. The van der Waals surface area contributed by atoms with Gasteiger partial charge < -0.3 is 0 Å². The normalized spacial score (nSPS) is 10.7. The van der Waals surface area contributed by atoms with Crippen molar-refractivity contribution in [2.75, 3.05) is 5.32 Å². The molecule has 0 saturated heterocycles. The summed E-state index contributed by atoms with van der Waals surface area (Å²) < 4.78 is 30.5. The molecule has 2 aromatic heterocycles. The lowest BCUT2D eigenvalue weighted by Gasteiger charge is -2.00. The lowest BCUT2D eigenvalue weighted by Crippen LogP contribution is -2.13. The Bertz CT molecular complexity index is 862. The summed E-state index contributed by atoms with van der Waals surface area (Å²) in [5, 5.41) is 12.6. The van der Waals surface area contributed by atoms with Crippen molar-refractivity contribution in [3.8, 4) is 0 Å². The average Bonchev–Trinajstić information content (AvgIpc) is 3.11. The Morgan fingerprint density at radius 3 is 2.87 bits per heavy atom. The Morgan fingerprint density at radius 2 is 2.17 bits per heavy atom. The minimum atomic E-state index is -0.663. The fraction of sp³-hybridized carbons (Fsp3) is 0.154. The number of carbonyl (C=O) groups is 1. The molecular weight excluding hydrogens is 326 g/mol. The van der Waals surface area contributed by atoms with Crippen molar-refractivity contribution < 1.29 is 13.6 Å². The molecule has 10 heteroatoms. The fourth-order valence-electron chi connectivity index (χ4n) is 1.87. The highest BCUT2D eigenvalue weighted by Gasteiger charge is 2.16. The lowest BCUT2D eigenvalue weighted by molar-refractivity contribution is 0.102. The Labute approximate surface area is 132 Å². The molecule has 3 rings (SSSR count). The number of aryl methyl sites for hydroxylation is 1. The summed E-state index contributed by atoms with van der Waals surface area (Å²) >= 11 is 0.961. The second-order valence-corrected chi connectivity index (χ2v) is 5.39. The third-order valence-corrected chi connectivity index (χ3v) is 3.66. The number of H-pyrrole nitrogens is 1. The van der Waals surface area contributed by atoms with E-state index < -0.39 is 17.5 Å². The molecule has 1 amide bonds. The predicted molar refractivity (Wildman–Crippen MR) is 78.1 cm³/mol. The smallest absolute Gasteiger partial charge is 0.279 e. The van der Waals surface area contributed by atoms with Crippen molar-refractivity contribution >= 4 is 22.6 Å². The number of nitrogens with zero attached hydrogens (tertiary/aromatic N) is 4. The Kier molecular flexibility index (Phi) is 4.06. The van der Waals surface area contributed by atoms with Gasteiger partial charge in [-0.3, -0.25) is 10.1 Å². The zero-order valence-corrected chi connectivity index (χ0v) is 12.6. The molecule has 2 N–H and O–H groups in total. The molecule has 3 aromatic rings. The monoisotopic (exact) mass is 336 g/mol. The van der Waals surface area contributed by atoms with Crippen molar-refractivity contribution in [3.63, 3.8) is 0 Å². The van der Waals surface area contributed by atoms with Gasteiger partial charge in [0.05, 0.1) is 5.69 Å². The van der Waals surface area contributed by atoms with Crippen LogP contribution in [0.25, 0.3) is 0 Å². The molecule has 118 valence electrons. The highest BCUT2D eigenvalue weighted by Crippen LogP contribution is 2.17. The summed E-state index contributed by atoms with van der Waals surface area (Å²) in [5.74, 6) is -1.45. The number of benzene rings is 1. The molecule has 0 aliphatic carbocycles. The largest absolute Gasteiger partial charge is 0.295 e. The highest BCUT2D eigenvalue weighted by molar-refractivity contribution is 7.09. The molecule has 1 aromatic carbocycles. The van der Waals surface area contributed by atoms with Crippen LogP contribution >= 0.6 is 11.5 Å². The molecular formula is C13H10F2N6OS. The van der Waals surface area contributed by atoms with Crippen molar-refractivity contribution in [1.29, 1.82) is 0 Å². The third-order valence-electron chi connectivity index (χ3n) is 2.99.